The van der Waals surface area contributed by atoms with E-state index in [-0.39, 0.29) is 5.91 Å². The summed E-state index contributed by atoms with van der Waals surface area (Å²) in [6.07, 6.45) is 0. The highest BCUT2D eigenvalue weighted by Crippen LogP contribution is 2.30. The molecule has 0 aliphatic heterocycles. The minimum Gasteiger partial charge on any atom is -0.489 e. The van der Waals surface area contributed by atoms with E-state index in [1.54, 1.807) is 11.8 Å². The maximum Gasteiger partial charge on any atom is 0.227 e. The molecule has 0 aliphatic carbocycles. The van der Waals surface area contributed by atoms with Gasteiger partial charge in [0.25, 0.3) is 0 Å². The van der Waals surface area contributed by atoms with Crippen LogP contribution in [-0.2, 0) is 17.9 Å². The number of amides is 1. The molecule has 0 spiro atoms. The number of para-hydroxylation sites is 1. The lowest BCUT2D eigenvalue weighted by Gasteiger charge is -2.23. The molecule has 4 aromatic carbocycles. The average molecular weight is 483 g/mol. The number of oxazole rings is 1. The summed E-state index contributed by atoms with van der Waals surface area (Å²) in [4.78, 5) is 19.0. The molecule has 0 N–H and O–H groups in total. The van der Waals surface area contributed by atoms with E-state index < -0.39 is 0 Å². The van der Waals surface area contributed by atoms with Crippen LogP contribution in [0.5, 0.6) is 5.75 Å². The van der Waals surface area contributed by atoms with Crippen LogP contribution in [-0.4, -0.2) is 10.9 Å². The van der Waals surface area contributed by atoms with Crippen LogP contribution < -0.4 is 9.64 Å². The average Bonchev–Trinajstić information content (AvgIpc) is 3.31. The number of hydrogen-bond acceptors (Lipinski definition) is 4. The Balaban J connectivity index is 1.39. The Bertz CT molecular complexity index is 1460. The lowest BCUT2D eigenvalue weighted by molar-refractivity contribution is -0.116. The van der Waals surface area contributed by atoms with Crippen molar-refractivity contribution in [2.45, 2.75) is 20.1 Å². The molecule has 5 nitrogen and oxygen atoms in total. The van der Waals surface area contributed by atoms with Crippen LogP contribution >= 0.6 is 11.6 Å². The second-order valence-corrected chi connectivity index (χ2v) is 8.60. The van der Waals surface area contributed by atoms with Gasteiger partial charge in [-0.05, 0) is 54.1 Å². The summed E-state index contributed by atoms with van der Waals surface area (Å²) in [5.74, 6) is 1.19. The highest BCUT2D eigenvalue weighted by molar-refractivity contribution is 6.30. The summed E-state index contributed by atoms with van der Waals surface area (Å²) in [6.45, 7) is 2.32. The molecule has 0 atom stereocenters. The number of aromatic nitrogens is 1. The van der Waals surface area contributed by atoms with Crippen LogP contribution in [0.3, 0.4) is 0 Å². The first-order valence-corrected chi connectivity index (χ1v) is 11.6. The van der Waals surface area contributed by atoms with Gasteiger partial charge in [0.1, 0.15) is 17.9 Å². The highest BCUT2D eigenvalue weighted by atomic mass is 35.5. The van der Waals surface area contributed by atoms with Crippen LogP contribution in [0.4, 0.5) is 5.69 Å². The maximum atomic E-state index is 12.7. The van der Waals surface area contributed by atoms with Gasteiger partial charge in [-0.25, -0.2) is 4.98 Å². The first-order valence-electron chi connectivity index (χ1n) is 11.3. The molecule has 0 saturated carbocycles. The summed E-state index contributed by atoms with van der Waals surface area (Å²) < 4.78 is 12.0. The van der Waals surface area contributed by atoms with Crippen molar-refractivity contribution in [1.82, 2.24) is 4.98 Å². The van der Waals surface area contributed by atoms with Gasteiger partial charge in [0.05, 0.1) is 6.54 Å². The summed E-state index contributed by atoms with van der Waals surface area (Å²) in [5.41, 5.74) is 4.92. The number of rotatable bonds is 7. The van der Waals surface area contributed by atoms with E-state index in [0.717, 1.165) is 28.1 Å². The zero-order chi connectivity index (χ0) is 24.2. The number of nitrogens with zero attached hydrogens (tertiary/aromatic N) is 2. The van der Waals surface area contributed by atoms with Crippen molar-refractivity contribution in [3.8, 4) is 17.2 Å². The van der Waals surface area contributed by atoms with E-state index in [1.165, 1.54) is 0 Å². The number of halogens is 1. The molecule has 5 aromatic rings. The monoisotopic (exact) mass is 482 g/mol. The van der Waals surface area contributed by atoms with Crippen LogP contribution in [0.25, 0.3) is 22.6 Å². The van der Waals surface area contributed by atoms with Gasteiger partial charge in [-0.15, -0.1) is 0 Å². The van der Waals surface area contributed by atoms with Gasteiger partial charge in [-0.3, -0.25) is 4.79 Å². The third kappa shape index (κ3) is 5.20. The molecule has 0 radical (unpaired) electrons. The molecule has 0 bridgehead atoms. The third-order valence-corrected chi connectivity index (χ3v) is 5.94. The largest absolute Gasteiger partial charge is 0.489 e. The normalized spacial score (nSPS) is 10.9. The Morgan fingerprint density at radius 1 is 0.943 bits per heavy atom. The lowest BCUT2D eigenvalue weighted by atomic mass is 10.1. The number of benzene rings is 4. The Labute approximate surface area is 208 Å². The fourth-order valence-corrected chi connectivity index (χ4v) is 3.99. The molecule has 0 fully saturated rings. The summed E-state index contributed by atoms with van der Waals surface area (Å²) >= 11 is 5.98. The van der Waals surface area contributed by atoms with Gasteiger partial charge >= 0.3 is 0 Å². The topological polar surface area (TPSA) is 55.6 Å². The molecular weight excluding hydrogens is 460 g/mol. The van der Waals surface area contributed by atoms with Crippen molar-refractivity contribution in [2.75, 3.05) is 4.90 Å². The third-order valence-electron chi connectivity index (χ3n) is 5.69. The van der Waals surface area contributed by atoms with Crippen LogP contribution in [0.1, 0.15) is 18.1 Å². The van der Waals surface area contributed by atoms with E-state index in [2.05, 4.69) is 4.98 Å². The van der Waals surface area contributed by atoms with Gasteiger partial charge in [0, 0.05) is 28.8 Å². The smallest absolute Gasteiger partial charge is 0.227 e. The molecular formula is C29H23ClN2O3. The molecule has 0 aliphatic rings. The number of anilines is 1. The van der Waals surface area contributed by atoms with Crippen LogP contribution in [0.15, 0.2) is 101 Å². The van der Waals surface area contributed by atoms with Gasteiger partial charge in [0.15, 0.2) is 5.58 Å². The second-order valence-electron chi connectivity index (χ2n) is 8.17. The second kappa shape index (κ2) is 10.0. The predicted octanol–water partition coefficient (Wildman–Crippen LogP) is 7.28. The van der Waals surface area contributed by atoms with Crippen molar-refractivity contribution < 1.29 is 13.9 Å². The van der Waals surface area contributed by atoms with Crippen LogP contribution in [0, 0.1) is 0 Å². The Morgan fingerprint density at radius 2 is 1.69 bits per heavy atom. The minimum absolute atomic E-state index is 0.0800. The number of fused-ring (bicyclic) bond motifs is 1. The number of carbonyl (C=O) groups excluding carboxylic acids is 1. The number of carbonyl (C=O) groups is 1. The predicted molar refractivity (Wildman–Crippen MR) is 139 cm³/mol. The molecule has 1 amide bonds. The zero-order valence-corrected chi connectivity index (χ0v) is 19.9. The van der Waals surface area contributed by atoms with Crippen molar-refractivity contribution in [3.63, 3.8) is 0 Å². The summed E-state index contributed by atoms with van der Waals surface area (Å²) in [6, 6.07) is 30.6. The molecule has 35 heavy (non-hydrogen) atoms. The Morgan fingerprint density at radius 3 is 2.46 bits per heavy atom. The first kappa shape index (κ1) is 22.7. The number of hydrogen-bond donors (Lipinski definition) is 0. The molecule has 174 valence electrons. The quantitative estimate of drug-likeness (QED) is 0.244. The molecule has 0 saturated heterocycles. The molecule has 5 rings (SSSR count). The summed E-state index contributed by atoms with van der Waals surface area (Å²) in [5, 5.41) is 0.686. The maximum absolute atomic E-state index is 12.7. The fourth-order valence-electron chi connectivity index (χ4n) is 3.86. The van der Waals surface area contributed by atoms with E-state index in [9.17, 15) is 4.79 Å². The molecule has 0 unspecified atom stereocenters. The number of ether oxygens (including phenoxy) is 1. The van der Waals surface area contributed by atoms with Gasteiger partial charge < -0.3 is 14.1 Å². The van der Waals surface area contributed by atoms with E-state index in [4.69, 9.17) is 20.8 Å². The van der Waals surface area contributed by atoms with Crippen LogP contribution in [0.2, 0.25) is 5.02 Å². The van der Waals surface area contributed by atoms with Crippen molar-refractivity contribution in [3.05, 3.63) is 113 Å². The zero-order valence-electron chi connectivity index (χ0n) is 19.1. The first-order chi connectivity index (χ1) is 17.1. The highest BCUT2D eigenvalue weighted by Gasteiger charge is 2.17. The Kier molecular flexibility index (Phi) is 6.51. The van der Waals surface area contributed by atoms with Gasteiger partial charge in [-0.2, -0.15) is 0 Å². The van der Waals surface area contributed by atoms with Gasteiger partial charge in [0.2, 0.25) is 11.8 Å². The molecule has 6 heteroatoms. The molecule has 1 aromatic heterocycles. The fraction of sp³-hybridized carbons (Fsp3) is 0.103. The Hall–Kier alpha value is -4.09. The van der Waals surface area contributed by atoms with Crippen molar-refractivity contribution in [1.29, 1.82) is 0 Å². The van der Waals surface area contributed by atoms with E-state index in [1.807, 2.05) is 97.1 Å². The minimum atomic E-state index is -0.0800. The van der Waals surface area contributed by atoms with Gasteiger partial charge in [-0.1, -0.05) is 60.1 Å². The lowest BCUT2D eigenvalue weighted by Crippen LogP contribution is -2.28. The van der Waals surface area contributed by atoms with Crippen molar-refractivity contribution >= 4 is 34.3 Å². The summed E-state index contributed by atoms with van der Waals surface area (Å²) in [7, 11) is 0. The van der Waals surface area contributed by atoms with E-state index >= 15 is 0 Å². The van der Waals surface area contributed by atoms with Crippen molar-refractivity contribution in [2.24, 2.45) is 0 Å². The SMILES string of the molecule is CC(=O)N(Cc1ccccc1OCc1ccc(Cl)cc1)c1ccc2oc(-c3ccccc3)nc2c1. The molecule has 1 heterocycles. The van der Waals surface area contributed by atoms with E-state index in [0.29, 0.717) is 35.2 Å². The standard InChI is InChI=1S/C29H23ClN2O3/c1-20(33)32(18-23-9-5-6-10-27(23)34-19-21-11-13-24(30)14-12-21)25-15-16-28-26(17-25)31-29(35-28)22-7-3-2-4-8-22/h2-17H,18-19H2,1H3.